The molecular formula is C15H11NOS. The van der Waals surface area contributed by atoms with Gasteiger partial charge < -0.3 is 0 Å². The van der Waals surface area contributed by atoms with Crippen molar-refractivity contribution >= 4 is 28.0 Å². The van der Waals surface area contributed by atoms with Crippen LogP contribution in [0.3, 0.4) is 0 Å². The van der Waals surface area contributed by atoms with Gasteiger partial charge in [-0.3, -0.25) is 9.78 Å². The van der Waals surface area contributed by atoms with Crippen LogP contribution in [0.2, 0.25) is 0 Å². The molecule has 3 aromatic rings. The van der Waals surface area contributed by atoms with Gasteiger partial charge in [0.25, 0.3) is 0 Å². The third kappa shape index (κ3) is 1.73. The van der Waals surface area contributed by atoms with Crippen LogP contribution in [0.25, 0.3) is 10.9 Å². The molecule has 0 radical (unpaired) electrons. The van der Waals surface area contributed by atoms with Gasteiger partial charge in [0.15, 0.2) is 5.78 Å². The summed E-state index contributed by atoms with van der Waals surface area (Å²) in [4.78, 5) is 17.9. The van der Waals surface area contributed by atoms with Crippen LogP contribution < -0.4 is 0 Å². The Balaban J connectivity index is 2.21. The second kappa shape index (κ2) is 4.35. The zero-order valence-corrected chi connectivity index (χ0v) is 10.7. The number of aromatic nitrogens is 1. The highest BCUT2D eigenvalue weighted by molar-refractivity contribution is 7.10. The molecule has 0 N–H and O–H groups in total. The summed E-state index contributed by atoms with van der Waals surface area (Å²) in [5, 5.41) is 2.94. The van der Waals surface area contributed by atoms with Gasteiger partial charge in [-0.2, -0.15) is 0 Å². The smallest absolute Gasteiger partial charge is 0.196 e. The van der Waals surface area contributed by atoms with Gasteiger partial charge in [0, 0.05) is 27.6 Å². The molecule has 0 aliphatic rings. The van der Waals surface area contributed by atoms with E-state index in [2.05, 4.69) is 4.98 Å². The lowest BCUT2D eigenvalue weighted by Crippen LogP contribution is -2.03. The molecule has 0 fully saturated rings. The third-order valence-corrected chi connectivity index (χ3v) is 3.83. The van der Waals surface area contributed by atoms with E-state index >= 15 is 0 Å². The van der Waals surface area contributed by atoms with Crippen molar-refractivity contribution in [1.29, 1.82) is 0 Å². The largest absolute Gasteiger partial charge is 0.288 e. The predicted octanol–water partition coefficient (Wildman–Crippen LogP) is 3.84. The Hall–Kier alpha value is -2.00. The number of hydrogen-bond acceptors (Lipinski definition) is 3. The van der Waals surface area contributed by atoms with E-state index in [1.165, 1.54) is 0 Å². The van der Waals surface area contributed by atoms with Gasteiger partial charge in [-0.05, 0) is 30.5 Å². The maximum atomic E-state index is 12.5. The van der Waals surface area contributed by atoms with Crippen molar-refractivity contribution in [2.24, 2.45) is 0 Å². The molecule has 0 aliphatic heterocycles. The van der Waals surface area contributed by atoms with E-state index in [-0.39, 0.29) is 5.78 Å². The summed E-state index contributed by atoms with van der Waals surface area (Å²) in [5.41, 5.74) is 2.23. The maximum Gasteiger partial charge on any atom is 0.196 e. The molecule has 0 spiro atoms. The van der Waals surface area contributed by atoms with Gasteiger partial charge in [0.1, 0.15) is 0 Å². The minimum Gasteiger partial charge on any atom is -0.288 e. The highest BCUT2D eigenvalue weighted by Crippen LogP contribution is 2.23. The van der Waals surface area contributed by atoms with Crippen LogP contribution in [0.15, 0.2) is 48.0 Å². The summed E-state index contributed by atoms with van der Waals surface area (Å²) in [6, 6.07) is 11.4. The number of hydrogen-bond donors (Lipinski definition) is 0. The Bertz CT molecular complexity index is 725. The summed E-state index contributed by atoms with van der Waals surface area (Å²) >= 11 is 1.59. The molecule has 2 aromatic heterocycles. The molecule has 0 unspecified atom stereocenters. The number of pyridine rings is 1. The number of ketones is 1. The standard InChI is InChI=1S/C15H11NOS/c1-10-12(7-9-18-10)15(17)13-6-2-4-11-5-3-8-16-14(11)13/h2-9H,1H3. The Morgan fingerprint density at radius 3 is 2.72 bits per heavy atom. The van der Waals surface area contributed by atoms with Gasteiger partial charge in [-0.1, -0.05) is 18.2 Å². The molecule has 0 bridgehead atoms. The molecule has 0 saturated carbocycles. The minimum atomic E-state index is 0.0537. The third-order valence-electron chi connectivity index (χ3n) is 2.98. The molecule has 0 amide bonds. The molecule has 0 saturated heterocycles. The van der Waals surface area contributed by atoms with E-state index < -0.39 is 0 Å². The van der Waals surface area contributed by atoms with Gasteiger partial charge in [-0.25, -0.2) is 0 Å². The molecule has 0 aliphatic carbocycles. The van der Waals surface area contributed by atoms with Gasteiger partial charge in [0.05, 0.1) is 5.52 Å². The van der Waals surface area contributed by atoms with Crippen LogP contribution >= 0.6 is 11.3 Å². The summed E-state index contributed by atoms with van der Waals surface area (Å²) in [6.07, 6.45) is 1.72. The topological polar surface area (TPSA) is 30.0 Å². The first-order valence-corrected chi connectivity index (χ1v) is 6.58. The predicted molar refractivity (Wildman–Crippen MR) is 74.2 cm³/mol. The van der Waals surface area contributed by atoms with Crippen LogP contribution in [-0.2, 0) is 0 Å². The number of fused-ring (bicyclic) bond motifs is 1. The highest BCUT2D eigenvalue weighted by Gasteiger charge is 2.15. The van der Waals surface area contributed by atoms with Crippen molar-refractivity contribution in [3.05, 3.63) is 64.0 Å². The molecule has 88 valence electrons. The Morgan fingerprint density at radius 2 is 1.94 bits per heavy atom. The Labute approximate surface area is 109 Å². The van der Waals surface area contributed by atoms with Crippen molar-refractivity contribution in [2.45, 2.75) is 6.92 Å². The number of rotatable bonds is 2. The first kappa shape index (κ1) is 11.1. The number of aryl methyl sites for hydroxylation is 1. The van der Waals surface area contributed by atoms with E-state index in [9.17, 15) is 4.79 Å². The molecule has 3 rings (SSSR count). The number of benzene rings is 1. The summed E-state index contributed by atoms with van der Waals surface area (Å²) in [5.74, 6) is 0.0537. The van der Waals surface area contributed by atoms with E-state index in [1.54, 1.807) is 17.5 Å². The van der Waals surface area contributed by atoms with Crippen LogP contribution in [0, 0.1) is 6.92 Å². The number of para-hydroxylation sites is 1. The SMILES string of the molecule is Cc1sccc1C(=O)c1cccc2cccnc12. The van der Waals surface area contributed by atoms with Crippen LogP contribution in [0.5, 0.6) is 0 Å². The number of nitrogens with zero attached hydrogens (tertiary/aromatic N) is 1. The molecule has 0 atom stereocenters. The average molecular weight is 253 g/mol. The molecule has 2 heterocycles. The summed E-state index contributed by atoms with van der Waals surface area (Å²) in [7, 11) is 0. The van der Waals surface area contributed by atoms with E-state index in [4.69, 9.17) is 0 Å². The van der Waals surface area contributed by atoms with Crippen LogP contribution in [-0.4, -0.2) is 10.8 Å². The monoisotopic (exact) mass is 253 g/mol. The maximum absolute atomic E-state index is 12.5. The Morgan fingerprint density at radius 1 is 1.11 bits per heavy atom. The summed E-state index contributed by atoms with van der Waals surface area (Å²) < 4.78 is 0. The lowest BCUT2D eigenvalue weighted by molar-refractivity contribution is 0.104. The zero-order chi connectivity index (χ0) is 12.5. The van der Waals surface area contributed by atoms with Crippen LogP contribution in [0.1, 0.15) is 20.8 Å². The number of thiophene rings is 1. The normalized spacial score (nSPS) is 10.7. The van der Waals surface area contributed by atoms with Crippen molar-refractivity contribution in [2.75, 3.05) is 0 Å². The quantitative estimate of drug-likeness (QED) is 0.649. The highest BCUT2D eigenvalue weighted by atomic mass is 32.1. The van der Waals surface area contributed by atoms with Crippen LogP contribution in [0.4, 0.5) is 0 Å². The minimum absolute atomic E-state index is 0.0537. The van der Waals surface area contributed by atoms with Gasteiger partial charge >= 0.3 is 0 Å². The molecule has 3 heteroatoms. The fourth-order valence-electron chi connectivity index (χ4n) is 2.05. The first-order valence-electron chi connectivity index (χ1n) is 5.70. The van der Waals surface area contributed by atoms with Crippen molar-refractivity contribution in [3.63, 3.8) is 0 Å². The molecule has 1 aromatic carbocycles. The second-order valence-corrected chi connectivity index (χ2v) is 5.22. The van der Waals surface area contributed by atoms with Crippen molar-refractivity contribution < 1.29 is 4.79 Å². The van der Waals surface area contributed by atoms with Gasteiger partial charge in [0.2, 0.25) is 0 Å². The molecule has 18 heavy (non-hydrogen) atoms. The fraction of sp³-hybridized carbons (Fsp3) is 0.0667. The second-order valence-electron chi connectivity index (χ2n) is 4.10. The van der Waals surface area contributed by atoms with Crippen molar-refractivity contribution in [3.8, 4) is 0 Å². The number of carbonyl (C=O) groups excluding carboxylic acids is 1. The fourth-order valence-corrected chi connectivity index (χ4v) is 2.75. The Kier molecular flexibility index (Phi) is 2.68. The van der Waals surface area contributed by atoms with E-state index in [0.29, 0.717) is 5.56 Å². The van der Waals surface area contributed by atoms with Crippen molar-refractivity contribution in [1.82, 2.24) is 4.98 Å². The summed E-state index contributed by atoms with van der Waals surface area (Å²) in [6.45, 7) is 1.97. The van der Waals surface area contributed by atoms with E-state index in [0.717, 1.165) is 21.3 Å². The lowest BCUT2D eigenvalue weighted by atomic mass is 10.0. The molecule has 2 nitrogen and oxygen atoms in total. The van der Waals surface area contributed by atoms with Gasteiger partial charge in [-0.15, -0.1) is 11.3 Å². The zero-order valence-electron chi connectivity index (χ0n) is 9.88. The average Bonchev–Trinajstić information content (AvgIpc) is 2.83. The lowest BCUT2D eigenvalue weighted by Gasteiger charge is -2.04. The first-order chi connectivity index (χ1) is 8.77. The number of carbonyl (C=O) groups is 1. The molecular weight excluding hydrogens is 242 g/mol. The van der Waals surface area contributed by atoms with E-state index in [1.807, 2.05) is 48.7 Å².